The van der Waals surface area contributed by atoms with Crippen molar-refractivity contribution >= 4 is 39.5 Å². The molecule has 1 fully saturated rings. The van der Waals surface area contributed by atoms with Crippen LogP contribution in [0.1, 0.15) is 28.9 Å². The highest BCUT2D eigenvalue weighted by atomic mass is 16.1. The Bertz CT molecular complexity index is 1230. The number of nitrogens with one attached hydrogen (secondary N) is 1. The van der Waals surface area contributed by atoms with E-state index in [4.69, 9.17) is 9.97 Å². The quantitative estimate of drug-likeness (QED) is 0.570. The van der Waals surface area contributed by atoms with Gasteiger partial charge in [0.1, 0.15) is 0 Å². The number of benzene rings is 2. The van der Waals surface area contributed by atoms with Crippen molar-refractivity contribution in [2.24, 2.45) is 0 Å². The van der Waals surface area contributed by atoms with Gasteiger partial charge in [-0.2, -0.15) is 0 Å². The minimum Gasteiger partial charge on any atom is -0.354 e. The largest absolute Gasteiger partial charge is 0.354 e. The van der Waals surface area contributed by atoms with Crippen molar-refractivity contribution in [1.82, 2.24) is 15.0 Å². The van der Waals surface area contributed by atoms with Crippen LogP contribution in [0.25, 0.3) is 21.9 Å². The zero-order chi connectivity index (χ0) is 19.8. The lowest BCUT2D eigenvalue weighted by atomic mass is 10.1. The molecule has 1 saturated heterocycles. The fraction of sp³-hybridized carbons (Fsp3) is 0.217. The number of nitrogens with zero attached hydrogens (tertiary/aromatic N) is 4. The predicted octanol–water partition coefficient (Wildman–Crippen LogP) is 4.34. The molecule has 2 aromatic heterocycles. The van der Waals surface area contributed by atoms with Crippen molar-refractivity contribution in [1.29, 1.82) is 0 Å². The van der Waals surface area contributed by atoms with Gasteiger partial charge in [-0.05, 0) is 44.0 Å². The molecule has 4 aromatic rings. The molecule has 0 atom stereocenters. The average molecular weight is 383 g/mol. The van der Waals surface area contributed by atoms with E-state index >= 15 is 0 Å². The summed E-state index contributed by atoms with van der Waals surface area (Å²) < 4.78 is 0. The Morgan fingerprint density at radius 3 is 2.31 bits per heavy atom. The van der Waals surface area contributed by atoms with Crippen LogP contribution in [-0.2, 0) is 0 Å². The maximum Gasteiger partial charge on any atom is 0.257 e. The van der Waals surface area contributed by atoms with Gasteiger partial charge in [0.25, 0.3) is 5.91 Å². The maximum absolute atomic E-state index is 13.3. The van der Waals surface area contributed by atoms with Crippen LogP contribution in [0.4, 0.5) is 11.6 Å². The summed E-state index contributed by atoms with van der Waals surface area (Å²) in [6, 6.07) is 17.3. The first-order chi connectivity index (χ1) is 14.2. The van der Waals surface area contributed by atoms with Crippen LogP contribution in [0.3, 0.4) is 0 Å². The summed E-state index contributed by atoms with van der Waals surface area (Å²) in [5.74, 6) is 1.05. The Kier molecular flexibility index (Phi) is 4.31. The van der Waals surface area contributed by atoms with E-state index in [2.05, 4.69) is 15.2 Å². The SMILES string of the molecule is Cc1cc(C(=O)Nc2nc3ccccc3nc2N2CCCC2)c2ccccc2n1. The standard InChI is InChI=1S/C23H21N5O/c1-15-14-17(16-8-2-3-9-18(16)24-15)23(29)27-21-22(28-12-6-7-13-28)26-20-11-5-4-10-19(20)25-21/h2-5,8-11,14H,6-7,12-13H2,1H3,(H,25,27,29). The minimum absolute atomic E-state index is 0.197. The Labute approximate surface area is 168 Å². The third-order valence-corrected chi connectivity index (χ3v) is 5.28. The van der Waals surface area contributed by atoms with E-state index < -0.39 is 0 Å². The molecule has 0 aliphatic carbocycles. The van der Waals surface area contributed by atoms with Gasteiger partial charge in [0.2, 0.25) is 0 Å². The van der Waals surface area contributed by atoms with Crippen LogP contribution in [0.2, 0.25) is 0 Å². The molecule has 0 bridgehead atoms. The van der Waals surface area contributed by atoms with Crippen LogP contribution in [0.5, 0.6) is 0 Å². The normalized spacial score (nSPS) is 13.9. The van der Waals surface area contributed by atoms with Crippen molar-refractivity contribution in [2.45, 2.75) is 19.8 Å². The first-order valence-electron chi connectivity index (χ1n) is 9.88. The van der Waals surface area contributed by atoms with Crippen LogP contribution < -0.4 is 10.2 Å². The van der Waals surface area contributed by atoms with Gasteiger partial charge in [-0.3, -0.25) is 9.78 Å². The highest BCUT2D eigenvalue weighted by molar-refractivity contribution is 6.13. The van der Waals surface area contributed by atoms with Gasteiger partial charge in [-0.15, -0.1) is 0 Å². The molecule has 0 unspecified atom stereocenters. The number of fused-ring (bicyclic) bond motifs is 2. The molecule has 5 rings (SSSR count). The highest BCUT2D eigenvalue weighted by Crippen LogP contribution is 2.29. The smallest absolute Gasteiger partial charge is 0.257 e. The summed E-state index contributed by atoms with van der Waals surface area (Å²) in [7, 11) is 0. The summed E-state index contributed by atoms with van der Waals surface area (Å²) in [5, 5.41) is 3.86. The lowest BCUT2D eigenvalue weighted by Gasteiger charge is -2.20. The number of carbonyl (C=O) groups excluding carboxylic acids is 1. The molecule has 0 radical (unpaired) electrons. The number of para-hydroxylation sites is 3. The highest BCUT2D eigenvalue weighted by Gasteiger charge is 2.22. The Morgan fingerprint density at radius 1 is 0.897 bits per heavy atom. The van der Waals surface area contributed by atoms with Gasteiger partial charge < -0.3 is 10.2 Å². The molecule has 3 heterocycles. The van der Waals surface area contributed by atoms with Gasteiger partial charge in [-0.25, -0.2) is 9.97 Å². The summed E-state index contributed by atoms with van der Waals surface area (Å²) in [5.41, 5.74) is 3.80. The lowest BCUT2D eigenvalue weighted by Crippen LogP contribution is -2.23. The molecule has 1 aliphatic heterocycles. The fourth-order valence-electron chi connectivity index (χ4n) is 3.89. The molecular formula is C23H21N5O. The molecular weight excluding hydrogens is 362 g/mol. The van der Waals surface area contributed by atoms with E-state index in [1.54, 1.807) is 0 Å². The molecule has 6 nitrogen and oxygen atoms in total. The second-order valence-electron chi connectivity index (χ2n) is 7.36. The van der Waals surface area contributed by atoms with Crippen LogP contribution >= 0.6 is 0 Å². The van der Waals surface area contributed by atoms with E-state index in [1.165, 1.54) is 0 Å². The number of anilines is 2. The Hall–Kier alpha value is -3.54. The summed E-state index contributed by atoms with van der Waals surface area (Å²) in [6.45, 7) is 3.75. The summed E-state index contributed by atoms with van der Waals surface area (Å²) in [4.78, 5) is 29.5. The summed E-state index contributed by atoms with van der Waals surface area (Å²) in [6.07, 6.45) is 2.24. The molecule has 29 heavy (non-hydrogen) atoms. The number of hydrogen-bond acceptors (Lipinski definition) is 5. The van der Waals surface area contributed by atoms with Gasteiger partial charge in [-0.1, -0.05) is 30.3 Å². The number of rotatable bonds is 3. The molecule has 1 N–H and O–H groups in total. The number of amides is 1. The minimum atomic E-state index is -0.197. The van der Waals surface area contributed by atoms with Gasteiger partial charge in [0, 0.05) is 24.2 Å². The zero-order valence-electron chi connectivity index (χ0n) is 16.2. The zero-order valence-corrected chi connectivity index (χ0v) is 16.2. The van der Waals surface area contributed by atoms with E-state index in [-0.39, 0.29) is 5.91 Å². The number of aromatic nitrogens is 3. The molecule has 0 saturated carbocycles. The number of pyridine rings is 1. The number of aryl methyl sites for hydroxylation is 1. The average Bonchev–Trinajstić information content (AvgIpc) is 3.27. The lowest BCUT2D eigenvalue weighted by molar-refractivity contribution is 0.102. The fourth-order valence-corrected chi connectivity index (χ4v) is 3.89. The van der Waals surface area contributed by atoms with Crippen molar-refractivity contribution < 1.29 is 4.79 Å². The maximum atomic E-state index is 13.3. The topological polar surface area (TPSA) is 71.0 Å². The monoisotopic (exact) mass is 383 g/mol. The van der Waals surface area contributed by atoms with E-state index in [1.807, 2.05) is 61.5 Å². The third kappa shape index (κ3) is 3.27. The Balaban J connectivity index is 1.59. The second-order valence-corrected chi connectivity index (χ2v) is 7.36. The van der Waals surface area contributed by atoms with Crippen molar-refractivity contribution in [2.75, 3.05) is 23.3 Å². The van der Waals surface area contributed by atoms with Gasteiger partial charge >= 0.3 is 0 Å². The van der Waals surface area contributed by atoms with E-state index in [9.17, 15) is 4.79 Å². The molecule has 6 heteroatoms. The van der Waals surface area contributed by atoms with Crippen molar-refractivity contribution in [3.8, 4) is 0 Å². The van der Waals surface area contributed by atoms with E-state index in [0.717, 1.165) is 59.4 Å². The molecule has 144 valence electrons. The molecule has 1 amide bonds. The third-order valence-electron chi connectivity index (χ3n) is 5.28. The van der Waals surface area contributed by atoms with Crippen LogP contribution in [0.15, 0.2) is 54.6 Å². The number of hydrogen-bond donors (Lipinski definition) is 1. The second kappa shape index (κ2) is 7.13. The first kappa shape index (κ1) is 17.6. The molecule has 2 aromatic carbocycles. The van der Waals surface area contributed by atoms with E-state index in [0.29, 0.717) is 11.4 Å². The first-order valence-corrected chi connectivity index (χ1v) is 9.88. The Morgan fingerprint density at radius 2 is 1.55 bits per heavy atom. The number of carbonyl (C=O) groups is 1. The van der Waals surface area contributed by atoms with Crippen LogP contribution in [-0.4, -0.2) is 33.9 Å². The summed E-state index contributed by atoms with van der Waals surface area (Å²) >= 11 is 0. The van der Waals surface area contributed by atoms with Gasteiger partial charge in [0.15, 0.2) is 11.6 Å². The van der Waals surface area contributed by atoms with Gasteiger partial charge in [0.05, 0.1) is 22.1 Å². The predicted molar refractivity (Wildman–Crippen MR) is 115 cm³/mol. The van der Waals surface area contributed by atoms with Crippen molar-refractivity contribution in [3.63, 3.8) is 0 Å². The van der Waals surface area contributed by atoms with Crippen molar-refractivity contribution in [3.05, 3.63) is 65.9 Å². The molecule has 1 aliphatic rings. The van der Waals surface area contributed by atoms with Crippen LogP contribution in [0, 0.1) is 6.92 Å². The molecule has 0 spiro atoms.